The molecule has 2 aromatic carbocycles. The number of halogens is 2. The predicted molar refractivity (Wildman–Crippen MR) is 121 cm³/mol. The second kappa shape index (κ2) is 8.83. The minimum Gasteiger partial charge on any atom is -0.454 e. The highest BCUT2D eigenvalue weighted by atomic mass is 32.2. The third-order valence-electron chi connectivity index (χ3n) is 4.80. The number of sulfonamides is 1. The Labute approximate surface area is 184 Å². The van der Waals surface area contributed by atoms with Crippen molar-refractivity contribution in [2.75, 3.05) is 23.7 Å². The van der Waals surface area contributed by atoms with E-state index < -0.39 is 21.7 Å². The molecule has 0 saturated carbocycles. The largest absolute Gasteiger partial charge is 0.454 e. The average molecular weight is 461 g/mol. The van der Waals surface area contributed by atoms with Gasteiger partial charge < -0.3 is 14.6 Å². The smallest absolute Gasteiger partial charge is 0.273 e. The summed E-state index contributed by atoms with van der Waals surface area (Å²) in [5.74, 6) is -1.70. The van der Waals surface area contributed by atoms with E-state index in [0.717, 1.165) is 21.8 Å². The molecule has 3 aromatic rings. The molecule has 1 N–H and O–H groups in total. The molecular formula is C22H21F2N3O4S. The summed E-state index contributed by atoms with van der Waals surface area (Å²) in [4.78, 5) is 12.3. The number of anilines is 2. The van der Waals surface area contributed by atoms with Gasteiger partial charge in [0.2, 0.25) is 0 Å². The summed E-state index contributed by atoms with van der Waals surface area (Å²) in [6, 6.07) is 8.93. The summed E-state index contributed by atoms with van der Waals surface area (Å²) >= 11 is 0. The van der Waals surface area contributed by atoms with Gasteiger partial charge in [-0.15, -0.1) is 0 Å². The fraction of sp³-hybridized carbons (Fsp3) is 0.136. The first kappa shape index (κ1) is 23.0. The maximum absolute atomic E-state index is 14.2. The lowest BCUT2D eigenvalue weighted by atomic mass is 10.0. The van der Waals surface area contributed by atoms with Crippen LogP contribution in [-0.4, -0.2) is 27.1 Å². The van der Waals surface area contributed by atoms with Gasteiger partial charge >= 0.3 is 0 Å². The van der Waals surface area contributed by atoms with E-state index in [2.05, 4.69) is 11.9 Å². The Morgan fingerprint density at radius 3 is 2.44 bits per heavy atom. The van der Waals surface area contributed by atoms with E-state index in [1.165, 1.54) is 36.0 Å². The molecule has 3 rings (SSSR count). The third kappa shape index (κ3) is 4.50. The molecule has 0 aliphatic heterocycles. The van der Waals surface area contributed by atoms with Crippen molar-refractivity contribution in [1.29, 1.82) is 0 Å². The fourth-order valence-electron chi connectivity index (χ4n) is 3.00. The van der Waals surface area contributed by atoms with Crippen LogP contribution in [0.4, 0.5) is 20.2 Å². The highest BCUT2D eigenvalue weighted by molar-refractivity contribution is 7.95. The van der Waals surface area contributed by atoms with E-state index in [1.807, 2.05) is 0 Å². The number of hydrogen-bond donors (Lipinski definition) is 1. The van der Waals surface area contributed by atoms with Crippen molar-refractivity contribution in [2.24, 2.45) is 7.05 Å². The van der Waals surface area contributed by atoms with Gasteiger partial charge in [-0.05, 0) is 36.4 Å². The average Bonchev–Trinajstić information content (AvgIpc) is 2.77. The summed E-state index contributed by atoms with van der Waals surface area (Å²) in [7, 11) is 0.734. The van der Waals surface area contributed by atoms with Crippen LogP contribution in [0.1, 0.15) is 0 Å². The number of hydrogen-bond acceptors (Lipinski definition) is 5. The SMILES string of the molecule is C=CS(=O)(=O)N(C)c1ccc(Oc2ccc(F)cc2F)c(-c2cc(NC)c(=O)n(C)c2)c1. The van der Waals surface area contributed by atoms with Gasteiger partial charge in [-0.25, -0.2) is 17.2 Å². The van der Waals surface area contributed by atoms with Crippen LogP contribution in [0.3, 0.4) is 0 Å². The van der Waals surface area contributed by atoms with E-state index in [1.54, 1.807) is 20.2 Å². The molecule has 0 atom stereocenters. The molecule has 168 valence electrons. The summed E-state index contributed by atoms with van der Waals surface area (Å²) < 4.78 is 60.0. The lowest BCUT2D eigenvalue weighted by molar-refractivity contribution is 0.439. The van der Waals surface area contributed by atoms with Gasteiger partial charge in [0.15, 0.2) is 11.6 Å². The quantitative estimate of drug-likeness (QED) is 0.574. The van der Waals surface area contributed by atoms with Crippen LogP contribution < -0.4 is 19.9 Å². The Bertz CT molecular complexity index is 1350. The van der Waals surface area contributed by atoms with E-state index in [-0.39, 0.29) is 22.7 Å². The van der Waals surface area contributed by atoms with Crippen LogP contribution in [-0.2, 0) is 17.1 Å². The van der Waals surface area contributed by atoms with Gasteiger partial charge in [-0.3, -0.25) is 9.10 Å². The summed E-state index contributed by atoms with van der Waals surface area (Å²) in [5.41, 5.74) is 1.18. The molecule has 1 aromatic heterocycles. The minimum atomic E-state index is -3.77. The molecule has 0 spiro atoms. The van der Waals surface area contributed by atoms with Crippen LogP contribution in [0.15, 0.2) is 65.4 Å². The monoisotopic (exact) mass is 461 g/mol. The Morgan fingerprint density at radius 2 is 1.81 bits per heavy atom. The van der Waals surface area contributed by atoms with Crippen molar-refractivity contribution in [2.45, 2.75) is 0 Å². The molecule has 0 aliphatic rings. The molecule has 0 fully saturated rings. The van der Waals surface area contributed by atoms with Gasteiger partial charge in [0.05, 0.1) is 5.69 Å². The second-order valence-electron chi connectivity index (χ2n) is 6.84. The second-order valence-corrected chi connectivity index (χ2v) is 8.76. The highest BCUT2D eigenvalue weighted by Gasteiger charge is 2.19. The summed E-state index contributed by atoms with van der Waals surface area (Å²) in [6.07, 6.45) is 1.54. The van der Waals surface area contributed by atoms with Gasteiger partial charge in [-0.1, -0.05) is 6.58 Å². The highest BCUT2D eigenvalue weighted by Crippen LogP contribution is 2.38. The van der Waals surface area contributed by atoms with E-state index >= 15 is 0 Å². The maximum Gasteiger partial charge on any atom is 0.273 e. The first-order chi connectivity index (χ1) is 15.1. The van der Waals surface area contributed by atoms with Crippen LogP contribution in [0, 0.1) is 11.6 Å². The molecule has 32 heavy (non-hydrogen) atoms. The summed E-state index contributed by atoms with van der Waals surface area (Å²) in [6.45, 7) is 3.32. The molecule has 0 unspecified atom stereocenters. The molecule has 7 nitrogen and oxygen atoms in total. The molecule has 0 radical (unpaired) electrons. The van der Waals surface area contributed by atoms with Crippen molar-refractivity contribution in [3.8, 4) is 22.6 Å². The van der Waals surface area contributed by atoms with Gasteiger partial charge in [-0.2, -0.15) is 0 Å². The normalized spacial score (nSPS) is 11.2. The number of aromatic nitrogens is 1. The van der Waals surface area contributed by atoms with Crippen molar-refractivity contribution in [3.05, 3.63) is 82.6 Å². The topological polar surface area (TPSA) is 80.6 Å². The standard InChI is InChI=1S/C22H21F2N3O4S/c1-5-32(29,30)27(4)16-7-9-20(31-21-8-6-15(23)11-18(21)24)17(12-16)14-10-19(25-2)22(28)26(3)13-14/h5-13,25H,1H2,2-4H3. The number of nitrogens with one attached hydrogen (secondary N) is 1. The molecule has 0 aliphatic carbocycles. The Kier molecular flexibility index (Phi) is 6.35. The zero-order valence-corrected chi connectivity index (χ0v) is 18.4. The number of benzene rings is 2. The van der Waals surface area contributed by atoms with Crippen LogP contribution in [0.5, 0.6) is 11.5 Å². The maximum atomic E-state index is 14.2. The van der Waals surface area contributed by atoms with E-state index in [4.69, 9.17) is 4.74 Å². The number of ether oxygens (including phenoxy) is 1. The fourth-order valence-corrected chi connectivity index (χ4v) is 3.63. The van der Waals surface area contributed by atoms with Gasteiger partial charge in [0.25, 0.3) is 15.6 Å². The molecule has 1 heterocycles. The first-order valence-corrected chi connectivity index (χ1v) is 10.8. The van der Waals surface area contributed by atoms with Crippen LogP contribution >= 0.6 is 0 Å². The number of aryl methyl sites for hydroxylation is 1. The number of pyridine rings is 1. The van der Waals surface area contributed by atoms with Gasteiger partial charge in [0, 0.05) is 49.9 Å². The molecule has 0 bridgehead atoms. The van der Waals surface area contributed by atoms with E-state index in [9.17, 15) is 22.0 Å². The van der Waals surface area contributed by atoms with Crippen molar-refractivity contribution in [1.82, 2.24) is 4.57 Å². The van der Waals surface area contributed by atoms with Crippen molar-refractivity contribution in [3.63, 3.8) is 0 Å². The molecule has 10 heteroatoms. The van der Waals surface area contributed by atoms with Crippen LogP contribution in [0.2, 0.25) is 0 Å². The lowest BCUT2D eigenvalue weighted by Crippen LogP contribution is -2.24. The molecular weight excluding hydrogens is 440 g/mol. The Morgan fingerprint density at radius 1 is 1.12 bits per heavy atom. The Hall–Kier alpha value is -3.66. The zero-order valence-electron chi connectivity index (χ0n) is 17.6. The number of rotatable bonds is 7. The summed E-state index contributed by atoms with van der Waals surface area (Å²) in [5, 5.41) is 3.62. The van der Waals surface area contributed by atoms with E-state index in [0.29, 0.717) is 22.9 Å². The molecule has 0 amide bonds. The van der Waals surface area contributed by atoms with Crippen LogP contribution in [0.25, 0.3) is 11.1 Å². The lowest BCUT2D eigenvalue weighted by Gasteiger charge is -2.20. The van der Waals surface area contributed by atoms with Crippen molar-refractivity contribution >= 4 is 21.4 Å². The third-order valence-corrected chi connectivity index (χ3v) is 6.19. The zero-order chi connectivity index (χ0) is 23.6. The van der Waals surface area contributed by atoms with Gasteiger partial charge in [0.1, 0.15) is 17.3 Å². The predicted octanol–water partition coefficient (Wildman–Crippen LogP) is 4.07. The number of nitrogens with zero attached hydrogens (tertiary/aromatic N) is 2. The van der Waals surface area contributed by atoms with Crippen molar-refractivity contribution < 1.29 is 21.9 Å². The first-order valence-electron chi connectivity index (χ1n) is 9.34. The molecule has 0 saturated heterocycles. The minimum absolute atomic E-state index is 0.171. The Balaban J connectivity index is 2.22.